The van der Waals surface area contributed by atoms with Crippen LogP contribution in [0, 0.1) is 5.92 Å². The van der Waals surface area contributed by atoms with Gasteiger partial charge in [-0.2, -0.15) is 11.8 Å². The Hall–Kier alpha value is -1.85. The first-order valence-electron chi connectivity index (χ1n) is 8.98. The van der Waals surface area contributed by atoms with Crippen molar-refractivity contribution < 1.29 is 29.4 Å². The molecule has 0 aliphatic heterocycles. The number of carbonyl (C=O) groups is 4. The highest BCUT2D eigenvalue weighted by Gasteiger charge is 2.30. The minimum absolute atomic E-state index is 0.108. The number of aliphatic carboxylic acids is 1. The lowest BCUT2D eigenvalue weighted by Gasteiger charge is -2.24. The van der Waals surface area contributed by atoms with Crippen molar-refractivity contribution in [2.75, 3.05) is 12.0 Å². The van der Waals surface area contributed by atoms with Crippen LogP contribution in [-0.4, -0.2) is 76.2 Å². The van der Waals surface area contributed by atoms with Gasteiger partial charge in [-0.25, -0.2) is 4.79 Å². The number of hydrogen-bond donors (Lipinski definition) is 6. The summed E-state index contributed by atoms with van der Waals surface area (Å²) in [6.07, 6.45) is 0.758. The molecule has 0 radical (unpaired) electrons. The Bertz CT molecular complexity index is 558. The third-order valence-corrected chi connectivity index (χ3v) is 4.71. The average molecular weight is 421 g/mol. The Morgan fingerprint density at radius 2 is 1.54 bits per heavy atom. The second-order valence-electron chi connectivity index (χ2n) is 6.91. The Balaban J connectivity index is 5.06. The molecule has 5 atom stereocenters. The van der Waals surface area contributed by atoms with Crippen LogP contribution in [-0.2, 0) is 19.2 Å². The van der Waals surface area contributed by atoms with Crippen molar-refractivity contribution in [3.8, 4) is 0 Å². The number of amides is 3. The fraction of sp³-hybridized carbons (Fsp3) is 0.765. The monoisotopic (exact) mass is 420 g/mol. The Labute approximate surface area is 169 Å². The maximum atomic E-state index is 12.4. The quantitative estimate of drug-likeness (QED) is 0.225. The van der Waals surface area contributed by atoms with Crippen LogP contribution < -0.4 is 21.7 Å². The summed E-state index contributed by atoms with van der Waals surface area (Å²) in [5, 5.41) is 25.8. The molecule has 11 heteroatoms. The van der Waals surface area contributed by atoms with Crippen molar-refractivity contribution in [2.45, 2.75) is 64.4 Å². The van der Waals surface area contributed by atoms with Crippen LogP contribution >= 0.6 is 11.8 Å². The van der Waals surface area contributed by atoms with E-state index in [1.165, 1.54) is 25.6 Å². The lowest BCUT2D eigenvalue weighted by atomic mass is 10.0. The molecular formula is C17H32N4O6S. The molecule has 0 heterocycles. The minimum Gasteiger partial charge on any atom is -0.480 e. The van der Waals surface area contributed by atoms with E-state index in [0.717, 1.165) is 0 Å². The fourth-order valence-electron chi connectivity index (χ4n) is 2.12. The summed E-state index contributed by atoms with van der Waals surface area (Å²) in [5.74, 6) is -2.78. The van der Waals surface area contributed by atoms with Crippen molar-refractivity contribution in [1.82, 2.24) is 16.0 Å². The van der Waals surface area contributed by atoms with Crippen molar-refractivity contribution in [3.63, 3.8) is 0 Å². The van der Waals surface area contributed by atoms with Gasteiger partial charge in [-0.1, -0.05) is 13.8 Å². The van der Waals surface area contributed by atoms with Crippen LogP contribution in [0.4, 0.5) is 0 Å². The Kier molecular flexibility index (Phi) is 11.7. The van der Waals surface area contributed by atoms with E-state index < -0.39 is 54.0 Å². The van der Waals surface area contributed by atoms with Crippen LogP contribution in [0.3, 0.4) is 0 Å². The molecule has 7 N–H and O–H groups in total. The topological polar surface area (TPSA) is 171 Å². The third-order valence-electron chi connectivity index (χ3n) is 4.06. The van der Waals surface area contributed by atoms with Gasteiger partial charge in [0, 0.05) is 0 Å². The molecule has 10 nitrogen and oxygen atoms in total. The molecule has 0 aromatic carbocycles. The molecule has 0 fully saturated rings. The first kappa shape index (κ1) is 26.1. The second kappa shape index (κ2) is 12.6. The van der Waals surface area contributed by atoms with Gasteiger partial charge in [-0.05, 0) is 38.2 Å². The van der Waals surface area contributed by atoms with E-state index in [4.69, 9.17) is 10.8 Å². The highest BCUT2D eigenvalue weighted by molar-refractivity contribution is 7.98. The summed E-state index contributed by atoms with van der Waals surface area (Å²) >= 11 is 1.45. The van der Waals surface area contributed by atoms with E-state index >= 15 is 0 Å². The molecule has 0 aromatic rings. The number of hydrogen-bond acceptors (Lipinski definition) is 7. The van der Waals surface area contributed by atoms with Gasteiger partial charge in [0.25, 0.3) is 0 Å². The predicted molar refractivity (Wildman–Crippen MR) is 107 cm³/mol. The standard InChI is InChI=1S/C17H32N4O6S/c1-8(2)12(18)16(25)19-9(3)14(23)20-11(6-7-28-5)15(24)21-13(10(4)22)17(26)27/h8-13,22H,6-7,18H2,1-5H3,(H,19,25)(H,20,23)(H,21,24)(H,26,27). The predicted octanol–water partition coefficient (Wildman–Crippen LogP) is -1.34. The number of aliphatic hydroxyl groups excluding tert-OH is 1. The molecule has 0 aliphatic rings. The van der Waals surface area contributed by atoms with Gasteiger partial charge in [0.1, 0.15) is 12.1 Å². The molecule has 28 heavy (non-hydrogen) atoms. The van der Waals surface area contributed by atoms with Crippen molar-refractivity contribution in [3.05, 3.63) is 0 Å². The smallest absolute Gasteiger partial charge is 0.328 e. The molecule has 0 rings (SSSR count). The minimum atomic E-state index is -1.50. The number of nitrogens with one attached hydrogen (secondary N) is 3. The molecule has 0 spiro atoms. The fourth-order valence-corrected chi connectivity index (χ4v) is 2.59. The van der Waals surface area contributed by atoms with Crippen molar-refractivity contribution in [1.29, 1.82) is 0 Å². The van der Waals surface area contributed by atoms with Crippen LogP contribution in [0.5, 0.6) is 0 Å². The molecule has 0 aliphatic carbocycles. The van der Waals surface area contributed by atoms with Gasteiger partial charge in [0.2, 0.25) is 17.7 Å². The van der Waals surface area contributed by atoms with Crippen LogP contribution in [0.1, 0.15) is 34.1 Å². The summed E-state index contributed by atoms with van der Waals surface area (Å²) < 4.78 is 0. The normalized spacial score (nSPS) is 16.4. The molecule has 3 amide bonds. The number of carbonyl (C=O) groups excluding carboxylic acids is 3. The SMILES string of the molecule is CSCCC(NC(=O)C(C)NC(=O)C(N)C(C)C)C(=O)NC(C(=O)O)C(C)O. The summed E-state index contributed by atoms with van der Waals surface area (Å²) in [5.41, 5.74) is 5.75. The molecule has 162 valence electrons. The zero-order valence-corrected chi connectivity index (χ0v) is 17.7. The number of rotatable bonds is 12. The zero-order valence-electron chi connectivity index (χ0n) is 16.9. The van der Waals surface area contributed by atoms with E-state index in [2.05, 4.69) is 16.0 Å². The summed E-state index contributed by atoms with van der Waals surface area (Å²) in [7, 11) is 0. The maximum Gasteiger partial charge on any atom is 0.328 e. The summed E-state index contributed by atoms with van der Waals surface area (Å²) in [6.45, 7) is 6.25. The lowest BCUT2D eigenvalue weighted by molar-refractivity contribution is -0.145. The molecule has 0 aromatic heterocycles. The van der Waals surface area contributed by atoms with Gasteiger partial charge < -0.3 is 31.9 Å². The lowest BCUT2D eigenvalue weighted by Crippen LogP contribution is -2.58. The van der Waals surface area contributed by atoms with Gasteiger partial charge in [0.05, 0.1) is 12.1 Å². The summed E-state index contributed by atoms with van der Waals surface area (Å²) in [6, 6.07) is -4.22. The van der Waals surface area contributed by atoms with Crippen molar-refractivity contribution >= 4 is 35.5 Å². The number of aliphatic hydroxyl groups is 1. The van der Waals surface area contributed by atoms with Crippen LogP contribution in [0.25, 0.3) is 0 Å². The molecule has 5 unspecified atom stereocenters. The number of carboxylic acids is 1. The molecular weight excluding hydrogens is 388 g/mol. The molecule has 0 saturated carbocycles. The van der Waals surface area contributed by atoms with E-state index in [1.807, 2.05) is 6.26 Å². The first-order chi connectivity index (χ1) is 12.9. The zero-order chi connectivity index (χ0) is 22.0. The number of carboxylic acid groups (broad SMARTS) is 1. The van der Waals surface area contributed by atoms with Gasteiger partial charge in [-0.15, -0.1) is 0 Å². The largest absolute Gasteiger partial charge is 0.480 e. The van der Waals surface area contributed by atoms with E-state index in [0.29, 0.717) is 5.75 Å². The van der Waals surface area contributed by atoms with Crippen LogP contribution in [0.2, 0.25) is 0 Å². The number of thioether (sulfide) groups is 1. The van der Waals surface area contributed by atoms with Crippen LogP contribution in [0.15, 0.2) is 0 Å². The van der Waals surface area contributed by atoms with E-state index in [9.17, 15) is 24.3 Å². The maximum absolute atomic E-state index is 12.4. The Morgan fingerprint density at radius 3 is 1.96 bits per heavy atom. The van der Waals surface area contributed by atoms with E-state index in [-0.39, 0.29) is 12.3 Å². The van der Waals surface area contributed by atoms with Gasteiger partial charge >= 0.3 is 5.97 Å². The van der Waals surface area contributed by atoms with E-state index in [1.54, 1.807) is 13.8 Å². The first-order valence-corrected chi connectivity index (χ1v) is 10.4. The van der Waals surface area contributed by atoms with Crippen molar-refractivity contribution in [2.24, 2.45) is 11.7 Å². The number of nitrogens with two attached hydrogens (primary N) is 1. The highest BCUT2D eigenvalue weighted by Crippen LogP contribution is 2.04. The average Bonchev–Trinajstić information content (AvgIpc) is 2.60. The van der Waals surface area contributed by atoms with Gasteiger partial charge in [0.15, 0.2) is 6.04 Å². The third kappa shape index (κ3) is 8.89. The highest BCUT2D eigenvalue weighted by atomic mass is 32.2. The molecule has 0 saturated heterocycles. The molecule has 0 bridgehead atoms. The summed E-state index contributed by atoms with van der Waals surface area (Å²) in [4.78, 5) is 48.0. The Morgan fingerprint density at radius 1 is 0.964 bits per heavy atom. The second-order valence-corrected chi connectivity index (χ2v) is 7.89. The van der Waals surface area contributed by atoms with Gasteiger partial charge in [-0.3, -0.25) is 14.4 Å².